The Morgan fingerprint density at radius 1 is 1.35 bits per heavy atom. The summed E-state index contributed by atoms with van der Waals surface area (Å²) in [7, 11) is 1.81. The summed E-state index contributed by atoms with van der Waals surface area (Å²) in [5.41, 5.74) is 0.320. The fourth-order valence-corrected chi connectivity index (χ4v) is 1.66. The summed E-state index contributed by atoms with van der Waals surface area (Å²) in [6.07, 6.45) is 3.39. The number of nitrogens with one attached hydrogen (secondary N) is 1. The van der Waals surface area contributed by atoms with Crippen LogP contribution in [-0.4, -0.2) is 16.6 Å². The normalized spacial score (nSPS) is 10.8. The zero-order valence-electron chi connectivity index (χ0n) is 9.45. The van der Waals surface area contributed by atoms with Crippen LogP contribution in [0.4, 0.5) is 8.78 Å². The van der Waals surface area contributed by atoms with E-state index < -0.39 is 11.6 Å². The first-order chi connectivity index (χ1) is 8.20. The maximum atomic E-state index is 13.5. The van der Waals surface area contributed by atoms with Gasteiger partial charge in [-0.3, -0.25) is 0 Å². The summed E-state index contributed by atoms with van der Waals surface area (Å²) in [5.74, 6) is -0.0525. The molecule has 1 aromatic heterocycles. The van der Waals surface area contributed by atoms with E-state index in [1.807, 2.05) is 7.05 Å². The molecule has 2 rings (SSSR count). The van der Waals surface area contributed by atoms with Crippen LogP contribution >= 0.6 is 0 Å². The van der Waals surface area contributed by atoms with Crippen LogP contribution in [-0.2, 0) is 13.1 Å². The van der Waals surface area contributed by atoms with Crippen molar-refractivity contribution in [1.29, 1.82) is 0 Å². The number of aromatic nitrogens is 2. The van der Waals surface area contributed by atoms with E-state index in [9.17, 15) is 8.78 Å². The molecule has 0 saturated heterocycles. The molecule has 1 N–H and O–H groups in total. The van der Waals surface area contributed by atoms with Crippen molar-refractivity contribution in [3.05, 3.63) is 53.6 Å². The standard InChI is InChI=1S/C12H13F2N3/c1-15-7-12-16-4-5-17(12)8-9-6-10(13)2-3-11(9)14/h2-6,15H,7-8H2,1H3. The number of halogens is 2. The van der Waals surface area contributed by atoms with E-state index in [2.05, 4.69) is 10.3 Å². The maximum Gasteiger partial charge on any atom is 0.128 e. The van der Waals surface area contributed by atoms with Gasteiger partial charge in [0.05, 0.1) is 13.1 Å². The topological polar surface area (TPSA) is 29.9 Å². The second-order valence-corrected chi connectivity index (χ2v) is 3.74. The van der Waals surface area contributed by atoms with Crippen molar-refractivity contribution >= 4 is 0 Å². The predicted molar refractivity (Wildman–Crippen MR) is 60.5 cm³/mol. The number of imidazole rings is 1. The third-order valence-corrected chi connectivity index (χ3v) is 2.49. The van der Waals surface area contributed by atoms with E-state index in [4.69, 9.17) is 0 Å². The molecule has 0 atom stereocenters. The highest BCUT2D eigenvalue weighted by Crippen LogP contribution is 2.12. The minimum Gasteiger partial charge on any atom is -0.329 e. The van der Waals surface area contributed by atoms with Crippen LogP contribution in [0, 0.1) is 11.6 Å². The van der Waals surface area contributed by atoms with Crippen LogP contribution in [0.1, 0.15) is 11.4 Å². The Labute approximate surface area is 98.1 Å². The summed E-state index contributed by atoms with van der Waals surface area (Å²) in [4.78, 5) is 4.14. The molecular formula is C12H13F2N3. The highest BCUT2D eigenvalue weighted by molar-refractivity contribution is 5.19. The second-order valence-electron chi connectivity index (χ2n) is 3.74. The molecule has 0 saturated carbocycles. The molecule has 3 nitrogen and oxygen atoms in total. The van der Waals surface area contributed by atoms with Gasteiger partial charge in [-0.2, -0.15) is 0 Å². The maximum absolute atomic E-state index is 13.5. The first kappa shape index (κ1) is 11.7. The Hall–Kier alpha value is -1.75. The van der Waals surface area contributed by atoms with Crippen molar-refractivity contribution in [2.75, 3.05) is 7.05 Å². The van der Waals surface area contributed by atoms with Crippen LogP contribution in [0.15, 0.2) is 30.6 Å². The van der Waals surface area contributed by atoms with Crippen LogP contribution in [0.2, 0.25) is 0 Å². The molecule has 0 radical (unpaired) electrons. The number of rotatable bonds is 4. The zero-order chi connectivity index (χ0) is 12.3. The van der Waals surface area contributed by atoms with Crippen molar-refractivity contribution < 1.29 is 8.78 Å². The summed E-state index contributed by atoms with van der Waals surface area (Å²) in [6.45, 7) is 0.866. The number of hydrogen-bond acceptors (Lipinski definition) is 2. The van der Waals surface area contributed by atoms with Crippen molar-refractivity contribution in [2.45, 2.75) is 13.1 Å². The summed E-state index contributed by atoms with van der Waals surface area (Å²) < 4.78 is 28.3. The van der Waals surface area contributed by atoms with Crippen LogP contribution < -0.4 is 5.32 Å². The molecule has 90 valence electrons. The molecular weight excluding hydrogens is 224 g/mol. The first-order valence-electron chi connectivity index (χ1n) is 5.29. The molecule has 0 spiro atoms. The van der Waals surface area contributed by atoms with Gasteiger partial charge in [-0.15, -0.1) is 0 Å². The van der Waals surface area contributed by atoms with Gasteiger partial charge in [-0.1, -0.05) is 0 Å². The quantitative estimate of drug-likeness (QED) is 0.880. The van der Waals surface area contributed by atoms with Gasteiger partial charge < -0.3 is 9.88 Å². The largest absolute Gasteiger partial charge is 0.329 e. The molecule has 0 aliphatic heterocycles. The third kappa shape index (κ3) is 2.68. The predicted octanol–water partition coefficient (Wildman–Crippen LogP) is 1.93. The van der Waals surface area contributed by atoms with Crippen LogP contribution in [0.3, 0.4) is 0 Å². The van der Waals surface area contributed by atoms with Gasteiger partial charge >= 0.3 is 0 Å². The highest BCUT2D eigenvalue weighted by Gasteiger charge is 2.07. The Kier molecular flexibility index (Phi) is 3.49. The Bertz CT molecular complexity index is 508. The van der Waals surface area contributed by atoms with Crippen molar-refractivity contribution in [1.82, 2.24) is 14.9 Å². The Morgan fingerprint density at radius 2 is 2.18 bits per heavy atom. The highest BCUT2D eigenvalue weighted by atomic mass is 19.1. The first-order valence-corrected chi connectivity index (χ1v) is 5.29. The molecule has 0 amide bonds. The Morgan fingerprint density at radius 3 is 2.94 bits per heavy atom. The lowest BCUT2D eigenvalue weighted by Crippen LogP contribution is -2.13. The van der Waals surface area contributed by atoms with E-state index in [1.165, 1.54) is 6.07 Å². The fourth-order valence-electron chi connectivity index (χ4n) is 1.66. The summed E-state index contributed by atoms with van der Waals surface area (Å²) in [5, 5.41) is 2.97. The number of hydrogen-bond donors (Lipinski definition) is 1. The lowest BCUT2D eigenvalue weighted by atomic mass is 10.2. The molecule has 1 heterocycles. The van der Waals surface area contributed by atoms with Gasteiger partial charge in [0.25, 0.3) is 0 Å². The van der Waals surface area contributed by atoms with Gasteiger partial charge in [0.15, 0.2) is 0 Å². The van der Waals surface area contributed by atoms with Gasteiger partial charge in [0.2, 0.25) is 0 Å². The van der Waals surface area contributed by atoms with E-state index in [1.54, 1.807) is 17.0 Å². The monoisotopic (exact) mass is 237 g/mol. The molecule has 17 heavy (non-hydrogen) atoms. The molecule has 0 aliphatic rings. The van der Waals surface area contributed by atoms with E-state index in [0.29, 0.717) is 12.1 Å². The van der Waals surface area contributed by atoms with Gasteiger partial charge in [-0.25, -0.2) is 13.8 Å². The smallest absolute Gasteiger partial charge is 0.128 e. The molecule has 0 aliphatic carbocycles. The van der Waals surface area contributed by atoms with E-state index in [0.717, 1.165) is 18.0 Å². The minimum atomic E-state index is -0.434. The molecule has 0 fully saturated rings. The third-order valence-electron chi connectivity index (χ3n) is 2.49. The van der Waals surface area contributed by atoms with Crippen molar-refractivity contribution in [3.63, 3.8) is 0 Å². The lowest BCUT2D eigenvalue weighted by molar-refractivity contribution is 0.570. The molecule has 5 heteroatoms. The lowest BCUT2D eigenvalue weighted by Gasteiger charge is -2.08. The SMILES string of the molecule is CNCc1nccn1Cc1cc(F)ccc1F. The molecule has 2 aromatic rings. The Balaban J connectivity index is 2.25. The number of nitrogens with zero attached hydrogens (tertiary/aromatic N) is 2. The van der Waals surface area contributed by atoms with Crippen molar-refractivity contribution in [2.24, 2.45) is 0 Å². The van der Waals surface area contributed by atoms with Gasteiger partial charge in [0.1, 0.15) is 17.5 Å². The molecule has 0 bridgehead atoms. The summed E-state index contributed by atoms with van der Waals surface area (Å²) >= 11 is 0. The van der Waals surface area contributed by atoms with Gasteiger partial charge in [-0.05, 0) is 25.2 Å². The summed E-state index contributed by atoms with van der Waals surface area (Å²) in [6, 6.07) is 3.46. The van der Waals surface area contributed by atoms with Crippen LogP contribution in [0.25, 0.3) is 0 Å². The zero-order valence-corrected chi connectivity index (χ0v) is 9.45. The second kappa shape index (κ2) is 5.05. The average Bonchev–Trinajstić information content (AvgIpc) is 2.72. The minimum absolute atomic E-state index is 0.278. The fraction of sp³-hybridized carbons (Fsp3) is 0.250. The van der Waals surface area contributed by atoms with Crippen LogP contribution in [0.5, 0.6) is 0 Å². The van der Waals surface area contributed by atoms with Gasteiger partial charge in [0, 0.05) is 18.0 Å². The van der Waals surface area contributed by atoms with E-state index >= 15 is 0 Å². The van der Waals surface area contributed by atoms with E-state index in [-0.39, 0.29) is 6.54 Å². The van der Waals surface area contributed by atoms with Crippen molar-refractivity contribution in [3.8, 4) is 0 Å². The number of benzene rings is 1. The molecule has 1 aromatic carbocycles. The average molecular weight is 237 g/mol. The molecule has 0 unspecified atom stereocenters.